The number of alkyl halides is 1. The molecule has 1 unspecified atom stereocenters. The van der Waals surface area contributed by atoms with Crippen molar-refractivity contribution in [3.05, 3.63) is 34.9 Å². The largest absolute Gasteiger partial charge is 0.348 e. The van der Waals surface area contributed by atoms with Crippen LogP contribution in [0.1, 0.15) is 25.5 Å². The van der Waals surface area contributed by atoms with Crippen LogP contribution in [0.3, 0.4) is 0 Å². The molecule has 0 saturated heterocycles. The lowest BCUT2D eigenvalue weighted by Gasteiger charge is -2.16. The maximum Gasteiger partial charge on any atom is 0.238 e. The highest BCUT2D eigenvalue weighted by Gasteiger charge is 2.15. The van der Waals surface area contributed by atoms with Gasteiger partial charge in [0.15, 0.2) is 0 Å². The molecule has 0 heterocycles. The second kappa shape index (κ2) is 5.38. The molecule has 2 atom stereocenters. The van der Waals surface area contributed by atoms with E-state index >= 15 is 0 Å². The van der Waals surface area contributed by atoms with Crippen LogP contribution in [-0.2, 0) is 4.79 Å². The molecule has 15 heavy (non-hydrogen) atoms. The maximum absolute atomic E-state index is 11.4. The Morgan fingerprint density at radius 2 is 1.93 bits per heavy atom. The molecule has 0 radical (unpaired) electrons. The van der Waals surface area contributed by atoms with Crippen LogP contribution in [0.2, 0.25) is 5.02 Å². The first-order valence-electron chi connectivity index (χ1n) is 4.71. The minimum absolute atomic E-state index is 0.132. The molecule has 1 rings (SSSR count). The molecule has 2 nitrogen and oxygen atoms in total. The van der Waals surface area contributed by atoms with E-state index in [1.807, 2.05) is 25.1 Å². The minimum Gasteiger partial charge on any atom is -0.348 e. The van der Waals surface area contributed by atoms with Crippen LogP contribution in [0.4, 0.5) is 0 Å². The number of carbonyl (C=O) groups excluding carboxylic acids is 1. The maximum atomic E-state index is 11.4. The molecule has 0 aliphatic heterocycles. The molecule has 1 aromatic carbocycles. The van der Waals surface area contributed by atoms with Gasteiger partial charge in [-0.25, -0.2) is 0 Å². The molecule has 0 saturated carbocycles. The van der Waals surface area contributed by atoms with Gasteiger partial charge in [0, 0.05) is 5.02 Å². The van der Waals surface area contributed by atoms with Gasteiger partial charge >= 0.3 is 0 Å². The summed E-state index contributed by atoms with van der Waals surface area (Å²) in [7, 11) is 0. The number of rotatable bonds is 3. The third-order valence-electron chi connectivity index (χ3n) is 2.09. The predicted octanol–water partition coefficient (Wildman–Crippen LogP) is 3.14. The van der Waals surface area contributed by atoms with Crippen LogP contribution < -0.4 is 5.32 Å². The molecular formula is C11H13Cl2NO. The molecule has 4 heteroatoms. The SMILES string of the molecule is CC(Cl)C(=O)N[C@H](C)c1ccccc1Cl. The van der Waals surface area contributed by atoms with E-state index < -0.39 is 5.38 Å². The molecule has 0 bridgehead atoms. The highest BCUT2D eigenvalue weighted by Crippen LogP contribution is 2.22. The van der Waals surface area contributed by atoms with Crippen LogP contribution >= 0.6 is 23.2 Å². The van der Waals surface area contributed by atoms with Crippen molar-refractivity contribution < 1.29 is 4.79 Å². The van der Waals surface area contributed by atoms with Crippen molar-refractivity contribution >= 4 is 29.1 Å². The van der Waals surface area contributed by atoms with E-state index in [9.17, 15) is 4.79 Å². The third-order valence-corrected chi connectivity index (χ3v) is 2.63. The van der Waals surface area contributed by atoms with Gasteiger partial charge in [0.25, 0.3) is 0 Å². The summed E-state index contributed by atoms with van der Waals surface area (Å²) in [5, 5.41) is 2.89. The van der Waals surface area contributed by atoms with E-state index in [4.69, 9.17) is 23.2 Å². The Bertz CT molecular complexity index is 352. The van der Waals surface area contributed by atoms with Crippen LogP contribution in [0.5, 0.6) is 0 Å². The van der Waals surface area contributed by atoms with E-state index in [1.165, 1.54) is 0 Å². The molecule has 82 valence electrons. The van der Waals surface area contributed by atoms with Crippen molar-refractivity contribution in [2.75, 3.05) is 0 Å². The highest BCUT2D eigenvalue weighted by molar-refractivity contribution is 6.31. The van der Waals surface area contributed by atoms with E-state index in [2.05, 4.69) is 5.32 Å². The summed E-state index contributed by atoms with van der Waals surface area (Å²) in [6, 6.07) is 7.28. The number of nitrogens with one attached hydrogen (secondary N) is 1. The molecule has 0 aromatic heterocycles. The first kappa shape index (κ1) is 12.3. The fourth-order valence-electron chi connectivity index (χ4n) is 1.23. The average molecular weight is 246 g/mol. The van der Waals surface area contributed by atoms with Gasteiger partial charge in [0.2, 0.25) is 5.91 Å². The van der Waals surface area contributed by atoms with Crippen LogP contribution in [0.15, 0.2) is 24.3 Å². The molecule has 1 amide bonds. The molecule has 0 spiro atoms. The van der Waals surface area contributed by atoms with Crippen molar-refractivity contribution in [3.63, 3.8) is 0 Å². The Kier molecular flexibility index (Phi) is 4.43. The summed E-state index contributed by atoms with van der Waals surface area (Å²) in [4.78, 5) is 11.4. The standard InChI is InChI=1S/C11H13Cl2NO/c1-7(12)11(15)14-8(2)9-5-3-4-6-10(9)13/h3-8H,1-2H3,(H,14,15)/t7?,8-/m1/s1. The third kappa shape index (κ3) is 3.40. The average Bonchev–Trinajstić information content (AvgIpc) is 2.18. The van der Waals surface area contributed by atoms with Crippen molar-refractivity contribution in [1.82, 2.24) is 5.32 Å². The van der Waals surface area contributed by atoms with Gasteiger partial charge in [-0.05, 0) is 25.5 Å². The van der Waals surface area contributed by atoms with Crippen LogP contribution in [0.25, 0.3) is 0 Å². The monoisotopic (exact) mass is 245 g/mol. The van der Waals surface area contributed by atoms with Gasteiger partial charge < -0.3 is 5.32 Å². The normalized spacial score (nSPS) is 14.4. The van der Waals surface area contributed by atoms with Gasteiger partial charge in [-0.15, -0.1) is 11.6 Å². The van der Waals surface area contributed by atoms with Crippen molar-refractivity contribution in [2.45, 2.75) is 25.3 Å². The number of amides is 1. The lowest BCUT2D eigenvalue weighted by molar-refractivity contribution is -0.121. The second-order valence-electron chi connectivity index (χ2n) is 3.37. The summed E-state index contributed by atoms with van der Waals surface area (Å²) in [6.07, 6.45) is 0. The van der Waals surface area contributed by atoms with Gasteiger partial charge in [-0.3, -0.25) is 4.79 Å². The minimum atomic E-state index is -0.532. The van der Waals surface area contributed by atoms with Gasteiger partial charge in [0.1, 0.15) is 5.38 Å². The van der Waals surface area contributed by atoms with Crippen molar-refractivity contribution in [3.8, 4) is 0 Å². The van der Waals surface area contributed by atoms with Crippen LogP contribution in [0, 0.1) is 0 Å². The summed E-state index contributed by atoms with van der Waals surface area (Å²) >= 11 is 11.7. The number of benzene rings is 1. The summed E-state index contributed by atoms with van der Waals surface area (Å²) in [6.45, 7) is 3.51. The lowest BCUT2D eigenvalue weighted by Crippen LogP contribution is -2.32. The van der Waals surface area contributed by atoms with E-state index in [-0.39, 0.29) is 11.9 Å². The lowest BCUT2D eigenvalue weighted by atomic mass is 10.1. The zero-order chi connectivity index (χ0) is 11.4. The second-order valence-corrected chi connectivity index (χ2v) is 4.43. The molecule has 0 aliphatic carbocycles. The molecular weight excluding hydrogens is 233 g/mol. The zero-order valence-corrected chi connectivity index (χ0v) is 10.1. The number of carbonyl (C=O) groups is 1. The highest BCUT2D eigenvalue weighted by atomic mass is 35.5. The molecule has 1 N–H and O–H groups in total. The van der Waals surface area contributed by atoms with E-state index in [1.54, 1.807) is 13.0 Å². The molecule has 0 fully saturated rings. The topological polar surface area (TPSA) is 29.1 Å². The van der Waals surface area contributed by atoms with E-state index in [0.717, 1.165) is 5.56 Å². The predicted molar refractivity (Wildman–Crippen MR) is 63.3 cm³/mol. The Morgan fingerprint density at radius 1 is 1.33 bits per heavy atom. The Morgan fingerprint density at radius 3 is 2.47 bits per heavy atom. The fraction of sp³-hybridized carbons (Fsp3) is 0.364. The van der Waals surface area contributed by atoms with Gasteiger partial charge in [-0.1, -0.05) is 29.8 Å². The Labute approximate surface area is 99.6 Å². The smallest absolute Gasteiger partial charge is 0.238 e. The van der Waals surface area contributed by atoms with Gasteiger partial charge in [-0.2, -0.15) is 0 Å². The Balaban J connectivity index is 2.73. The van der Waals surface area contributed by atoms with E-state index in [0.29, 0.717) is 5.02 Å². The molecule has 0 aliphatic rings. The Hall–Kier alpha value is -0.730. The number of hydrogen-bond donors (Lipinski definition) is 1. The number of hydrogen-bond acceptors (Lipinski definition) is 1. The fourth-order valence-corrected chi connectivity index (χ4v) is 1.59. The first-order valence-corrected chi connectivity index (χ1v) is 5.52. The van der Waals surface area contributed by atoms with Crippen LogP contribution in [-0.4, -0.2) is 11.3 Å². The number of halogens is 2. The van der Waals surface area contributed by atoms with Gasteiger partial charge in [0.05, 0.1) is 6.04 Å². The van der Waals surface area contributed by atoms with Crippen molar-refractivity contribution in [2.24, 2.45) is 0 Å². The van der Waals surface area contributed by atoms with Crippen molar-refractivity contribution in [1.29, 1.82) is 0 Å². The summed E-state index contributed by atoms with van der Waals surface area (Å²) in [5.74, 6) is -0.191. The summed E-state index contributed by atoms with van der Waals surface area (Å²) < 4.78 is 0. The zero-order valence-electron chi connectivity index (χ0n) is 8.63. The molecule has 1 aromatic rings. The quantitative estimate of drug-likeness (QED) is 0.815. The summed E-state index contributed by atoms with van der Waals surface area (Å²) in [5.41, 5.74) is 0.893. The first-order chi connectivity index (χ1) is 7.02.